The van der Waals surface area contributed by atoms with Crippen LogP contribution in [0.3, 0.4) is 0 Å². The number of fused-ring (bicyclic) bond motifs is 2. The van der Waals surface area contributed by atoms with Gasteiger partial charge in [-0.1, -0.05) is 26.0 Å². The number of aromatic amines is 1. The van der Waals surface area contributed by atoms with E-state index in [4.69, 9.17) is 0 Å². The van der Waals surface area contributed by atoms with Crippen LogP contribution in [0.5, 0.6) is 0 Å². The molecule has 0 spiro atoms. The molecule has 4 aliphatic rings. The Kier molecular flexibility index (Phi) is 5.59. The molecule has 2 N–H and O–H groups in total. The predicted octanol–water partition coefficient (Wildman–Crippen LogP) is 3.37. The fraction of sp³-hybridized carbons (Fsp3) is 0.808. The first-order valence-electron chi connectivity index (χ1n) is 12.6. The Balaban J connectivity index is 1.47. The molecule has 1 saturated heterocycles. The molecular weight excluding hydrogens is 384 g/mol. The first-order chi connectivity index (χ1) is 14.8. The summed E-state index contributed by atoms with van der Waals surface area (Å²) in [7, 11) is 2.25. The van der Waals surface area contributed by atoms with Gasteiger partial charge in [-0.05, 0) is 85.6 Å². The molecule has 2 saturated carbocycles. The highest BCUT2D eigenvalue weighted by atomic mass is 16.3. The van der Waals surface area contributed by atoms with Gasteiger partial charge in [0.25, 0.3) is 0 Å². The number of likely N-dealkylation sites (N-methyl/N-ethyl adjacent to an activating group) is 1. The van der Waals surface area contributed by atoms with Crippen molar-refractivity contribution in [3.05, 3.63) is 29.6 Å². The van der Waals surface area contributed by atoms with Gasteiger partial charge in [0.2, 0.25) is 0 Å². The number of allylic oxidation sites excluding steroid dienone is 1. The highest BCUT2D eigenvalue weighted by Crippen LogP contribution is 2.63. The van der Waals surface area contributed by atoms with E-state index in [9.17, 15) is 5.11 Å². The Morgan fingerprint density at radius 3 is 2.71 bits per heavy atom. The molecule has 0 radical (unpaired) electrons. The Morgan fingerprint density at radius 1 is 1.19 bits per heavy atom. The summed E-state index contributed by atoms with van der Waals surface area (Å²) in [5.41, 5.74) is 4.59. The van der Waals surface area contributed by atoms with Crippen LogP contribution in [0.4, 0.5) is 0 Å². The van der Waals surface area contributed by atoms with E-state index in [0.717, 1.165) is 18.8 Å². The van der Waals surface area contributed by atoms with Crippen LogP contribution < -0.4 is 0 Å². The number of H-pyrrole nitrogens is 1. The number of aliphatic hydroxyl groups is 1. The summed E-state index contributed by atoms with van der Waals surface area (Å²) >= 11 is 0. The van der Waals surface area contributed by atoms with Crippen molar-refractivity contribution in [1.82, 2.24) is 20.0 Å². The third-order valence-electron chi connectivity index (χ3n) is 10.3. The molecule has 0 amide bonds. The van der Waals surface area contributed by atoms with E-state index in [1.165, 1.54) is 75.2 Å². The van der Waals surface area contributed by atoms with Gasteiger partial charge in [0.1, 0.15) is 0 Å². The summed E-state index contributed by atoms with van der Waals surface area (Å²) < 4.78 is 0. The van der Waals surface area contributed by atoms with E-state index in [-0.39, 0.29) is 12.0 Å². The maximum absolute atomic E-state index is 10.5. The maximum Gasteiger partial charge on any atom is 0.0522 e. The average molecular weight is 427 g/mol. The molecule has 1 aromatic heterocycles. The number of aliphatic hydroxyl groups excluding tert-OH is 1. The normalized spacial score (nSPS) is 41.9. The second kappa shape index (κ2) is 8.00. The molecule has 3 aliphatic carbocycles. The van der Waals surface area contributed by atoms with Gasteiger partial charge >= 0.3 is 0 Å². The fourth-order valence-electron chi connectivity index (χ4n) is 8.00. The van der Waals surface area contributed by atoms with Gasteiger partial charge in [-0.3, -0.25) is 5.10 Å². The molecule has 31 heavy (non-hydrogen) atoms. The van der Waals surface area contributed by atoms with Crippen molar-refractivity contribution in [3.63, 3.8) is 0 Å². The quantitative estimate of drug-likeness (QED) is 0.725. The molecule has 5 nitrogen and oxygen atoms in total. The number of piperazine rings is 1. The van der Waals surface area contributed by atoms with Crippen LogP contribution in [-0.4, -0.2) is 71.5 Å². The molecule has 2 heterocycles. The first-order valence-corrected chi connectivity index (χ1v) is 12.6. The minimum atomic E-state index is 0.133. The average Bonchev–Trinajstić information content (AvgIpc) is 3.32. The molecule has 1 aliphatic heterocycles. The molecule has 1 aromatic rings. The van der Waals surface area contributed by atoms with Crippen molar-refractivity contribution < 1.29 is 5.11 Å². The van der Waals surface area contributed by atoms with Gasteiger partial charge in [0, 0.05) is 45.0 Å². The first kappa shape index (κ1) is 21.7. The van der Waals surface area contributed by atoms with E-state index >= 15 is 0 Å². The lowest BCUT2D eigenvalue weighted by Gasteiger charge is -2.57. The molecule has 0 bridgehead atoms. The molecule has 3 fully saturated rings. The minimum absolute atomic E-state index is 0.133. The van der Waals surface area contributed by atoms with Crippen molar-refractivity contribution in [3.8, 4) is 0 Å². The lowest BCUT2D eigenvalue weighted by atomic mass is 9.49. The summed E-state index contributed by atoms with van der Waals surface area (Å²) in [6.07, 6.45) is 9.09. The van der Waals surface area contributed by atoms with Gasteiger partial charge in [0.05, 0.1) is 6.20 Å². The number of hydrogen-bond acceptors (Lipinski definition) is 4. The topological polar surface area (TPSA) is 55.4 Å². The van der Waals surface area contributed by atoms with E-state index in [1.54, 1.807) is 0 Å². The number of rotatable bonds is 4. The SMILES string of the molecule is C=C1CC[C@H]2[C@H](CN3CCN(C)CC3)[C@@H]([C@@]3(C)Cc4cn[nH]c4C[C@@H]3CO)CC[C@]12C. The number of hydrogen-bond donors (Lipinski definition) is 2. The van der Waals surface area contributed by atoms with Crippen molar-refractivity contribution in [1.29, 1.82) is 0 Å². The van der Waals surface area contributed by atoms with Crippen LogP contribution in [0.25, 0.3) is 0 Å². The van der Waals surface area contributed by atoms with Crippen LogP contribution in [-0.2, 0) is 12.8 Å². The smallest absolute Gasteiger partial charge is 0.0522 e. The minimum Gasteiger partial charge on any atom is -0.396 e. The van der Waals surface area contributed by atoms with Gasteiger partial charge in [-0.25, -0.2) is 0 Å². The molecular formula is C26H42N4O. The van der Waals surface area contributed by atoms with Gasteiger partial charge in [0.15, 0.2) is 0 Å². The zero-order valence-electron chi connectivity index (χ0n) is 19.9. The Morgan fingerprint density at radius 2 is 1.97 bits per heavy atom. The van der Waals surface area contributed by atoms with E-state index in [0.29, 0.717) is 23.2 Å². The van der Waals surface area contributed by atoms with Gasteiger partial charge in [-0.15, -0.1) is 0 Å². The highest BCUT2D eigenvalue weighted by molar-refractivity contribution is 5.26. The van der Waals surface area contributed by atoms with E-state index in [2.05, 4.69) is 47.5 Å². The number of nitrogens with zero attached hydrogens (tertiary/aromatic N) is 3. The lowest BCUT2D eigenvalue weighted by molar-refractivity contribution is -0.0693. The standard InChI is InChI=1S/C26H42N4O/c1-18-5-6-22-21(16-30-11-9-29(4)10-12-30)23(7-8-25(18,22)2)26(3)14-19-15-27-28-24(19)13-20(26)17-31/h15,20-23,31H,1,5-14,16-17H2,2-4H3,(H,27,28)/t20-,21+,22+,23+,25-,26+/m1/s1. The highest BCUT2D eigenvalue weighted by Gasteiger charge is 2.57. The number of aromatic nitrogens is 2. The maximum atomic E-state index is 10.5. The Bertz CT molecular complexity index is 812. The third-order valence-corrected chi connectivity index (χ3v) is 10.3. The number of nitrogens with one attached hydrogen (secondary N) is 1. The zero-order chi connectivity index (χ0) is 21.8. The summed E-state index contributed by atoms with van der Waals surface area (Å²) in [6, 6.07) is 0. The molecule has 5 rings (SSSR count). The molecule has 0 aromatic carbocycles. The van der Waals surface area contributed by atoms with E-state index < -0.39 is 0 Å². The monoisotopic (exact) mass is 426 g/mol. The molecule has 172 valence electrons. The fourth-order valence-corrected chi connectivity index (χ4v) is 8.00. The molecule has 0 unspecified atom stereocenters. The third kappa shape index (κ3) is 3.52. The van der Waals surface area contributed by atoms with Crippen molar-refractivity contribution in [2.24, 2.45) is 34.5 Å². The Labute approximate surface area is 188 Å². The summed E-state index contributed by atoms with van der Waals surface area (Å²) in [5, 5.41) is 18.0. The van der Waals surface area contributed by atoms with Crippen molar-refractivity contribution in [2.75, 3.05) is 46.4 Å². The van der Waals surface area contributed by atoms with Gasteiger partial charge < -0.3 is 14.9 Å². The van der Waals surface area contributed by atoms with Crippen molar-refractivity contribution >= 4 is 0 Å². The zero-order valence-corrected chi connectivity index (χ0v) is 19.9. The van der Waals surface area contributed by atoms with Crippen LogP contribution in [0, 0.1) is 34.5 Å². The van der Waals surface area contributed by atoms with Crippen LogP contribution in [0.15, 0.2) is 18.3 Å². The van der Waals surface area contributed by atoms with Crippen LogP contribution >= 0.6 is 0 Å². The van der Waals surface area contributed by atoms with Crippen LogP contribution in [0.2, 0.25) is 0 Å². The largest absolute Gasteiger partial charge is 0.396 e. The predicted molar refractivity (Wildman–Crippen MR) is 125 cm³/mol. The van der Waals surface area contributed by atoms with Gasteiger partial charge in [-0.2, -0.15) is 5.10 Å². The summed E-state index contributed by atoms with van der Waals surface area (Å²) in [5.74, 6) is 2.39. The summed E-state index contributed by atoms with van der Waals surface area (Å²) in [4.78, 5) is 5.20. The second-order valence-electron chi connectivity index (χ2n) is 11.7. The van der Waals surface area contributed by atoms with Crippen LogP contribution in [0.1, 0.15) is 50.8 Å². The summed E-state index contributed by atoms with van der Waals surface area (Å²) in [6.45, 7) is 15.8. The lowest BCUT2D eigenvalue weighted by Crippen LogP contribution is -2.55. The Hall–Kier alpha value is -1.17. The molecule has 5 heteroatoms. The van der Waals surface area contributed by atoms with Crippen molar-refractivity contribution in [2.45, 2.75) is 52.4 Å². The second-order valence-corrected chi connectivity index (χ2v) is 11.7. The van der Waals surface area contributed by atoms with E-state index in [1.807, 2.05) is 6.20 Å². The molecule has 6 atom stereocenters.